The standard InChI is InChI=1S/C12H14N2OS/c15-11-3-1-2-10(8-11)9-13-5-4-12-14-6-7-16-12/h1-3,6-8,13,15H,4-5,9H2. The van der Waals surface area contributed by atoms with Crippen LogP contribution >= 0.6 is 11.3 Å². The fourth-order valence-corrected chi connectivity index (χ4v) is 2.09. The molecule has 0 atom stereocenters. The van der Waals surface area contributed by atoms with E-state index in [0.29, 0.717) is 5.75 Å². The number of phenols is 1. The Bertz CT molecular complexity index is 428. The molecule has 0 saturated heterocycles. The molecule has 16 heavy (non-hydrogen) atoms. The highest BCUT2D eigenvalue weighted by Gasteiger charge is 1.96. The minimum Gasteiger partial charge on any atom is -0.508 e. The molecule has 1 aromatic carbocycles. The molecule has 2 N–H and O–H groups in total. The molecular weight excluding hydrogens is 220 g/mol. The monoisotopic (exact) mass is 234 g/mol. The topological polar surface area (TPSA) is 45.1 Å². The zero-order valence-electron chi connectivity index (χ0n) is 8.89. The highest BCUT2D eigenvalue weighted by atomic mass is 32.1. The van der Waals surface area contributed by atoms with Gasteiger partial charge >= 0.3 is 0 Å². The van der Waals surface area contributed by atoms with Gasteiger partial charge in [-0.1, -0.05) is 12.1 Å². The maximum Gasteiger partial charge on any atom is 0.115 e. The molecule has 0 spiro atoms. The molecule has 0 bridgehead atoms. The second-order valence-electron chi connectivity index (χ2n) is 3.52. The van der Waals surface area contributed by atoms with E-state index >= 15 is 0 Å². The van der Waals surface area contributed by atoms with Crippen molar-refractivity contribution in [1.29, 1.82) is 0 Å². The number of benzene rings is 1. The van der Waals surface area contributed by atoms with Crippen molar-refractivity contribution in [1.82, 2.24) is 10.3 Å². The highest BCUT2D eigenvalue weighted by Crippen LogP contribution is 2.10. The lowest BCUT2D eigenvalue weighted by atomic mass is 10.2. The number of thiazole rings is 1. The molecule has 4 heteroatoms. The molecule has 0 radical (unpaired) electrons. The summed E-state index contributed by atoms with van der Waals surface area (Å²) in [7, 11) is 0. The van der Waals surface area contributed by atoms with Gasteiger partial charge in [0, 0.05) is 31.1 Å². The summed E-state index contributed by atoms with van der Waals surface area (Å²) in [4.78, 5) is 4.21. The summed E-state index contributed by atoms with van der Waals surface area (Å²) in [6, 6.07) is 7.30. The van der Waals surface area contributed by atoms with Crippen LogP contribution in [0.3, 0.4) is 0 Å². The Morgan fingerprint density at radius 3 is 3.06 bits per heavy atom. The van der Waals surface area contributed by atoms with Gasteiger partial charge in [0.1, 0.15) is 5.75 Å². The largest absolute Gasteiger partial charge is 0.508 e. The van der Waals surface area contributed by atoms with Crippen LogP contribution in [0.25, 0.3) is 0 Å². The summed E-state index contributed by atoms with van der Waals surface area (Å²) in [5, 5.41) is 15.8. The lowest BCUT2D eigenvalue weighted by molar-refractivity contribution is 0.474. The molecular formula is C12H14N2OS. The van der Waals surface area contributed by atoms with Crippen molar-refractivity contribution >= 4 is 11.3 Å². The second kappa shape index (κ2) is 5.63. The van der Waals surface area contributed by atoms with E-state index in [-0.39, 0.29) is 0 Å². The molecule has 1 aromatic heterocycles. The quantitative estimate of drug-likeness (QED) is 0.779. The van der Waals surface area contributed by atoms with E-state index in [4.69, 9.17) is 0 Å². The van der Waals surface area contributed by atoms with Gasteiger partial charge in [0.25, 0.3) is 0 Å². The molecule has 0 aliphatic heterocycles. The number of aromatic nitrogens is 1. The summed E-state index contributed by atoms with van der Waals surface area (Å²) in [5.74, 6) is 0.319. The highest BCUT2D eigenvalue weighted by molar-refractivity contribution is 7.09. The number of hydrogen-bond donors (Lipinski definition) is 2. The predicted molar refractivity (Wildman–Crippen MR) is 65.6 cm³/mol. The normalized spacial score (nSPS) is 10.5. The molecule has 0 aliphatic carbocycles. The Labute approximate surface area is 98.8 Å². The lowest BCUT2D eigenvalue weighted by Crippen LogP contribution is -2.16. The van der Waals surface area contributed by atoms with Gasteiger partial charge in [-0.25, -0.2) is 4.98 Å². The van der Waals surface area contributed by atoms with E-state index in [2.05, 4.69) is 10.3 Å². The lowest BCUT2D eigenvalue weighted by Gasteiger charge is -2.03. The molecule has 0 amide bonds. The average molecular weight is 234 g/mol. The van der Waals surface area contributed by atoms with Crippen LogP contribution in [0.5, 0.6) is 5.75 Å². The molecule has 3 nitrogen and oxygen atoms in total. The fraction of sp³-hybridized carbons (Fsp3) is 0.250. The maximum absolute atomic E-state index is 9.28. The van der Waals surface area contributed by atoms with Gasteiger partial charge in [-0.2, -0.15) is 0 Å². The Balaban J connectivity index is 1.72. The van der Waals surface area contributed by atoms with Gasteiger partial charge in [-0.3, -0.25) is 0 Å². The Hall–Kier alpha value is -1.39. The van der Waals surface area contributed by atoms with Gasteiger partial charge in [-0.05, 0) is 17.7 Å². The van der Waals surface area contributed by atoms with Crippen molar-refractivity contribution in [3.8, 4) is 5.75 Å². The minimum absolute atomic E-state index is 0.319. The van der Waals surface area contributed by atoms with Crippen LogP contribution in [0.4, 0.5) is 0 Å². The van der Waals surface area contributed by atoms with Crippen LogP contribution in [0.15, 0.2) is 35.8 Å². The fourth-order valence-electron chi connectivity index (χ4n) is 1.47. The second-order valence-corrected chi connectivity index (χ2v) is 4.50. The summed E-state index contributed by atoms with van der Waals surface area (Å²) in [5.41, 5.74) is 1.10. The SMILES string of the molecule is Oc1cccc(CNCCc2nccs2)c1. The first kappa shape index (κ1) is 11.1. The van der Waals surface area contributed by atoms with E-state index < -0.39 is 0 Å². The molecule has 2 rings (SSSR count). The van der Waals surface area contributed by atoms with Crippen LogP contribution in [0.2, 0.25) is 0 Å². The average Bonchev–Trinajstić information content (AvgIpc) is 2.77. The summed E-state index contributed by atoms with van der Waals surface area (Å²) >= 11 is 1.68. The Morgan fingerprint density at radius 2 is 2.31 bits per heavy atom. The van der Waals surface area contributed by atoms with Crippen molar-refractivity contribution < 1.29 is 5.11 Å². The molecule has 0 aliphatic rings. The minimum atomic E-state index is 0.319. The number of rotatable bonds is 5. The first-order chi connectivity index (χ1) is 7.84. The predicted octanol–water partition coefficient (Wildman–Crippen LogP) is 2.18. The van der Waals surface area contributed by atoms with Crippen molar-refractivity contribution in [2.75, 3.05) is 6.54 Å². The van der Waals surface area contributed by atoms with E-state index in [1.54, 1.807) is 23.5 Å². The van der Waals surface area contributed by atoms with Crippen LogP contribution in [-0.4, -0.2) is 16.6 Å². The third-order valence-corrected chi connectivity index (χ3v) is 3.08. The summed E-state index contributed by atoms with van der Waals surface area (Å²) in [6.45, 7) is 1.68. The number of nitrogens with one attached hydrogen (secondary N) is 1. The smallest absolute Gasteiger partial charge is 0.115 e. The third kappa shape index (κ3) is 3.32. The Morgan fingerprint density at radius 1 is 1.38 bits per heavy atom. The van der Waals surface area contributed by atoms with Crippen LogP contribution in [0, 0.1) is 0 Å². The molecule has 0 saturated carbocycles. The van der Waals surface area contributed by atoms with Crippen LogP contribution in [0.1, 0.15) is 10.6 Å². The van der Waals surface area contributed by atoms with Gasteiger partial charge in [0.15, 0.2) is 0 Å². The molecule has 84 valence electrons. The van der Waals surface area contributed by atoms with Gasteiger partial charge < -0.3 is 10.4 Å². The molecule has 0 unspecified atom stereocenters. The number of phenolic OH excluding ortho intramolecular Hbond substituents is 1. The van der Waals surface area contributed by atoms with E-state index in [9.17, 15) is 5.11 Å². The summed E-state index contributed by atoms with van der Waals surface area (Å²) < 4.78 is 0. The van der Waals surface area contributed by atoms with Crippen molar-refractivity contribution in [2.24, 2.45) is 0 Å². The molecule has 2 aromatic rings. The Kier molecular flexibility index (Phi) is 3.91. The summed E-state index contributed by atoms with van der Waals surface area (Å²) in [6.07, 6.45) is 2.78. The third-order valence-electron chi connectivity index (χ3n) is 2.24. The zero-order chi connectivity index (χ0) is 11.2. The first-order valence-corrected chi connectivity index (χ1v) is 6.09. The van der Waals surface area contributed by atoms with E-state index in [0.717, 1.165) is 30.1 Å². The maximum atomic E-state index is 9.28. The first-order valence-electron chi connectivity index (χ1n) is 5.21. The zero-order valence-corrected chi connectivity index (χ0v) is 9.70. The van der Waals surface area contributed by atoms with Gasteiger partial charge in [0.05, 0.1) is 5.01 Å². The van der Waals surface area contributed by atoms with Crippen LogP contribution < -0.4 is 5.32 Å². The van der Waals surface area contributed by atoms with Crippen molar-refractivity contribution in [3.05, 3.63) is 46.4 Å². The molecule has 0 fully saturated rings. The molecule has 1 heterocycles. The van der Waals surface area contributed by atoms with Crippen molar-refractivity contribution in [2.45, 2.75) is 13.0 Å². The number of hydrogen-bond acceptors (Lipinski definition) is 4. The van der Waals surface area contributed by atoms with Crippen molar-refractivity contribution in [3.63, 3.8) is 0 Å². The number of aromatic hydroxyl groups is 1. The number of nitrogens with zero attached hydrogens (tertiary/aromatic N) is 1. The van der Waals surface area contributed by atoms with Gasteiger partial charge in [-0.15, -0.1) is 11.3 Å². The van der Waals surface area contributed by atoms with E-state index in [1.807, 2.05) is 23.7 Å². The van der Waals surface area contributed by atoms with Crippen LogP contribution in [-0.2, 0) is 13.0 Å². The van der Waals surface area contributed by atoms with Gasteiger partial charge in [0.2, 0.25) is 0 Å². The van der Waals surface area contributed by atoms with E-state index in [1.165, 1.54) is 0 Å².